The first-order valence-electron chi connectivity index (χ1n) is 14.9. The van der Waals surface area contributed by atoms with Gasteiger partial charge < -0.3 is 25.8 Å². The number of aliphatic hydroxyl groups is 1. The average molecular weight is 725 g/mol. The molecule has 11 heteroatoms. The van der Waals surface area contributed by atoms with Gasteiger partial charge >= 0.3 is 0 Å². The Labute approximate surface area is 285 Å². The fourth-order valence-electron chi connectivity index (χ4n) is 6.70. The number of aliphatic hydroxyl groups excluding tert-OH is 1. The Balaban J connectivity index is 1.43. The van der Waals surface area contributed by atoms with Crippen molar-refractivity contribution in [3.8, 4) is 11.5 Å². The summed E-state index contributed by atoms with van der Waals surface area (Å²) in [7, 11) is 0. The lowest BCUT2D eigenvalue weighted by Crippen LogP contribution is -2.59. The van der Waals surface area contributed by atoms with Crippen molar-refractivity contribution in [2.75, 3.05) is 11.9 Å². The van der Waals surface area contributed by atoms with Crippen LogP contribution >= 0.6 is 39.1 Å². The van der Waals surface area contributed by atoms with E-state index in [0.29, 0.717) is 44.8 Å². The molecule has 1 fully saturated rings. The smallest absolute Gasteiger partial charge is 0.251 e. The third kappa shape index (κ3) is 5.97. The summed E-state index contributed by atoms with van der Waals surface area (Å²) in [6.45, 7) is 3.25. The zero-order valence-electron chi connectivity index (χ0n) is 25.1. The molecular weight excluding hydrogens is 693 g/mol. The fraction of sp³-hybridized carbons (Fsp3) is 0.286. The van der Waals surface area contributed by atoms with E-state index < -0.39 is 22.9 Å². The first-order valence-corrected chi connectivity index (χ1v) is 16.4. The molecule has 3 aromatic carbocycles. The molecule has 0 bridgehead atoms. The standard InChI is InChI=1S/C35H32BrCl2N3O5/c1-34(2,18-42)41-32(44)19-6-10-24(11-7-19)46-29-13-8-21(36)15-25(29)31-35(26-12-9-23(38)16-28(26)39-33(35)45)27(17-30(43)40-31)20-4-3-5-22(37)14-20/h3-13,15-16,20,27,31,42H,14,17-18H2,1-2H3,(H,39,45)(H,40,43)(H,41,44)/t20?,27-,31-,35-/m0/s1. The number of anilines is 1. The quantitative estimate of drug-likeness (QED) is 0.206. The lowest BCUT2D eigenvalue weighted by atomic mass is 9.57. The molecule has 3 amide bonds. The molecule has 0 aromatic heterocycles. The Morgan fingerprint density at radius 3 is 2.57 bits per heavy atom. The van der Waals surface area contributed by atoms with Crippen LogP contribution in [0.5, 0.6) is 11.5 Å². The molecule has 3 aliphatic rings. The van der Waals surface area contributed by atoms with E-state index in [1.165, 1.54) is 0 Å². The molecule has 46 heavy (non-hydrogen) atoms. The Bertz CT molecular complexity index is 1790. The van der Waals surface area contributed by atoms with Crippen molar-refractivity contribution in [2.24, 2.45) is 11.8 Å². The van der Waals surface area contributed by atoms with E-state index in [-0.39, 0.29) is 36.7 Å². The molecule has 3 aromatic rings. The number of hydrogen-bond donors (Lipinski definition) is 4. The molecule has 1 aliphatic carbocycles. The number of fused-ring (bicyclic) bond motifs is 2. The third-order valence-electron chi connectivity index (χ3n) is 8.86. The summed E-state index contributed by atoms with van der Waals surface area (Å²) in [6, 6.07) is 16.6. The van der Waals surface area contributed by atoms with Gasteiger partial charge in [-0.2, -0.15) is 0 Å². The lowest BCUT2D eigenvalue weighted by Gasteiger charge is -2.49. The molecule has 0 radical (unpaired) electrons. The molecule has 1 saturated heterocycles. The monoisotopic (exact) mass is 723 g/mol. The molecule has 8 nitrogen and oxygen atoms in total. The molecule has 2 aliphatic heterocycles. The Morgan fingerprint density at radius 1 is 1.09 bits per heavy atom. The summed E-state index contributed by atoms with van der Waals surface area (Å²) < 4.78 is 7.15. The zero-order chi connectivity index (χ0) is 32.8. The first-order chi connectivity index (χ1) is 21.9. The van der Waals surface area contributed by atoms with Gasteiger partial charge in [0.15, 0.2) is 0 Å². The predicted molar refractivity (Wildman–Crippen MR) is 181 cm³/mol. The van der Waals surface area contributed by atoms with Crippen LogP contribution in [0, 0.1) is 11.8 Å². The van der Waals surface area contributed by atoms with E-state index in [1.807, 2.05) is 36.4 Å². The van der Waals surface area contributed by atoms with Gasteiger partial charge in [-0.3, -0.25) is 14.4 Å². The fourth-order valence-corrected chi connectivity index (χ4v) is 7.50. The first kappa shape index (κ1) is 32.3. The highest BCUT2D eigenvalue weighted by Crippen LogP contribution is 2.58. The molecule has 6 rings (SSSR count). The van der Waals surface area contributed by atoms with Crippen molar-refractivity contribution in [3.63, 3.8) is 0 Å². The number of hydrogen-bond acceptors (Lipinski definition) is 5. The number of nitrogens with one attached hydrogen (secondary N) is 3. The number of carbonyl (C=O) groups excluding carboxylic acids is 3. The summed E-state index contributed by atoms with van der Waals surface area (Å²) in [4.78, 5) is 40.7. The van der Waals surface area contributed by atoms with Gasteiger partial charge in [-0.25, -0.2) is 0 Å². The Kier molecular flexibility index (Phi) is 8.80. The number of carbonyl (C=O) groups is 3. The molecular formula is C35H32BrCl2N3O5. The molecule has 4 N–H and O–H groups in total. The van der Waals surface area contributed by atoms with Crippen LogP contribution in [-0.4, -0.2) is 35.0 Å². The van der Waals surface area contributed by atoms with Gasteiger partial charge in [-0.1, -0.05) is 57.4 Å². The molecule has 2 heterocycles. The minimum Gasteiger partial charge on any atom is -0.457 e. The van der Waals surface area contributed by atoms with Gasteiger partial charge in [0.05, 0.1) is 18.2 Å². The van der Waals surface area contributed by atoms with Crippen LogP contribution in [0.2, 0.25) is 5.02 Å². The summed E-state index contributed by atoms with van der Waals surface area (Å²) >= 11 is 16.5. The largest absolute Gasteiger partial charge is 0.457 e. The van der Waals surface area contributed by atoms with E-state index in [1.54, 1.807) is 56.3 Å². The van der Waals surface area contributed by atoms with Crippen molar-refractivity contribution in [2.45, 2.75) is 43.7 Å². The van der Waals surface area contributed by atoms with E-state index >= 15 is 0 Å². The van der Waals surface area contributed by atoms with Gasteiger partial charge in [0, 0.05) is 37.8 Å². The van der Waals surface area contributed by atoms with Crippen LogP contribution in [0.1, 0.15) is 54.2 Å². The number of amides is 3. The van der Waals surface area contributed by atoms with Crippen molar-refractivity contribution in [1.82, 2.24) is 10.6 Å². The second-order valence-corrected chi connectivity index (χ2v) is 14.3. The molecule has 238 valence electrons. The normalized spacial score (nSPS) is 23.8. The minimum atomic E-state index is -1.22. The van der Waals surface area contributed by atoms with E-state index in [0.717, 1.165) is 10.0 Å². The van der Waals surface area contributed by atoms with Crippen LogP contribution in [0.25, 0.3) is 0 Å². The SMILES string of the molecule is CC(C)(CO)NC(=O)c1ccc(Oc2ccc(Br)cc2[C@@H]2NC(=O)C[C@@H](C3C=CC=C(Cl)C3)[C@]23C(=O)Nc2cc(Cl)ccc23)cc1. The highest BCUT2D eigenvalue weighted by Gasteiger charge is 2.62. The van der Waals surface area contributed by atoms with Gasteiger partial charge in [-0.05, 0) is 98.3 Å². The van der Waals surface area contributed by atoms with Crippen molar-refractivity contribution >= 4 is 62.5 Å². The number of rotatable bonds is 7. The second-order valence-electron chi connectivity index (χ2n) is 12.5. The number of benzene rings is 3. The summed E-state index contributed by atoms with van der Waals surface area (Å²) in [5.41, 5.74) is 0.333. The van der Waals surface area contributed by atoms with E-state index in [9.17, 15) is 19.5 Å². The second kappa shape index (κ2) is 12.5. The van der Waals surface area contributed by atoms with Crippen LogP contribution in [0.3, 0.4) is 0 Å². The number of halogens is 3. The van der Waals surface area contributed by atoms with Crippen molar-refractivity contribution in [1.29, 1.82) is 0 Å². The number of allylic oxidation sites excluding steroid dienone is 4. The van der Waals surface area contributed by atoms with Crippen LogP contribution in [0.4, 0.5) is 5.69 Å². The average Bonchev–Trinajstić information content (AvgIpc) is 3.29. The topological polar surface area (TPSA) is 117 Å². The highest BCUT2D eigenvalue weighted by atomic mass is 79.9. The zero-order valence-corrected chi connectivity index (χ0v) is 28.2. The molecule has 0 saturated carbocycles. The number of piperidine rings is 1. The van der Waals surface area contributed by atoms with Crippen LogP contribution in [-0.2, 0) is 15.0 Å². The molecule has 1 spiro atoms. The Morgan fingerprint density at radius 2 is 1.85 bits per heavy atom. The summed E-state index contributed by atoms with van der Waals surface area (Å²) in [5, 5.41) is 19.7. The predicted octanol–water partition coefficient (Wildman–Crippen LogP) is 7.16. The van der Waals surface area contributed by atoms with Crippen molar-refractivity contribution < 1.29 is 24.2 Å². The minimum absolute atomic E-state index is 0.117. The van der Waals surface area contributed by atoms with E-state index in [2.05, 4.69) is 31.9 Å². The summed E-state index contributed by atoms with van der Waals surface area (Å²) in [6.07, 6.45) is 6.34. The third-order valence-corrected chi connectivity index (χ3v) is 9.87. The summed E-state index contributed by atoms with van der Waals surface area (Å²) in [5.74, 6) is -0.521. The van der Waals surface area contributed by atoms with Crippen molar-refractivity contribution in [3.05, 3.63) is 110 Å². The maximum absolute atomic E-state index is 14.4. The number of ether oxygens (including phenoxy) is 1. The maximum Gasteiger partial charge on any atom is 0.251 e. The van der Waals surface area contributed by atoms with Gasteiger partial charge in [-0.15, -0.1) is 0 Å². The Hall–Kier alpha value is -3.63. The van der Waals surface area contributed by atoms with E-state index in [4.69, 9.17) is 27.9 Å². The molecule has 1 unspecified atom stereocenters. The van der Waals surface area contributed by atoms with Gasteiger partial charge in [0.2, 0.25) is 11.8 Å². The van der Waals surface area contributed by atoms with Gasteiger partial charge in [0.1, 0.15) is 16.9 Å². The molecule has 4 atom stereocenters. The maximum atomic E-state index is 14.4. The van der Waals surface area contributed by atoms with Gasteiger partial charge in [0.25, 0.3) is 5.91 Å². The van der Waals surface area contributed by atoms with Crippen LogP contribution in [0.15, 0.2) is 88.4 Å². The lowest BCUT2D eigenvalue weighted by molar-refractivity contribution is -0.135. The highest BCUT2D eigenvalue weighted by molar-refractivity contribution is 9.10. The van der Waals surface area contributed by atoms with Crippen LogP contribution < -0.4 is 20.7 Å².